The third-order valence-corrected chi connectivity index (χ3v) is 5.07. The highest BCUT2D eigenvalue weighted by molar-refractivity contribution is 6.42. The Morgan fingerprint density at radius 3 is 2.38 bits per heavy atom. The number of ether oxygens (including phenoxy) is 1. The number of hydrogen-bond donors (Lipinski definition) is 1. The number of carbonyl (C=O) groups is 2. The number of rotatable bonds is 8. The van der Waals surface area contributed by atoms with Crippen molar-refractivity contribution < 1.29 is 14.3 Å². The molecule has 0 heterocycles. The van der Waals surface area contributed by atoms with Gasteiger partial charge in [-0.2, -0.15) is 0 Å². The lowest BCUT2D eigenvalue weighted by molar-refractivity contribution is -0.142. The molecule has 5 nitrogen and oxygen atoms in total. The summed E-state index contributed by atoms with van der Waals surface area (Å²) in [5.74, 6) is -0.127. The van der Waals surface area contributed by atoms with E-state index in [0.29, 0.717) is 20.8 Å². The Hall–Kier alpha value is -1.95. The molecule has 29 heavy (non-hydrogen) atoms. The fraction of sp³-hybridized carbons (Fsp3) is 0.333. The summed E-state index contributed by atoms with van der Waals surface area (Å²) in [6, 6.07) is 11.1. The molecule has 0 bridgehead atoms. The SMILES string of the molecule is CC(C)NC(=O)[C@H](C)N(Cc1ccc(Cl)c(Cl)c1)C(=O)COc1cccc(Cl)c1. The van der Waals surface area contributed by atoms with Gasteiger partial charge in [0.15, 0.2) is 6.61 Å². The minimum absolute atomic E-state index is 0.0467. The van der Waals surface area contributed by atoms with Crippen LogP contribution in [0.25, 0.3) is 0 Å². The van der Waals surface area contributed by atoms with Crippen LogP contribution in [0, 0.1) is 0 Å². The molecule has 1 atom stereocenters. The molecule has 0 saturated carbocycles. The Morgan fingerprint density at radius 1 is 1.03 bits per heavy atom. The summed E-state index contributed by atoms with van der Waals surface area (Å²) in [7, 11) is 0. The number of hydrogen-bond acceptors (Lipinski definition) is 3. The number of nitrogens with one attached hydrogen (secondary N) is 1. The van der Waals surface area contributed by atoms with Gasteiger partial charge in [-0.25, -0.2) is 0 Å². The molecule has 2 aromatic rings. The molecule has 1 N–H and O–H groups in total. The topological polar surface area (TPSA) is 58.6 Å². The van der Waals surface area contributed by atoms with E-state index in [4.69, 9.17) is 39.5 Å². The van der Waals surface area contributed by atoms with Gasteiger partial charge in [-0.1, -0.05) is 46.9 Å². The first-order valence-electron chi connectivity index (χ1n) is 9.09. The van der Waals surface area contributed by atoms with Crippen LogP contribution in [0.4, 0.5) is 0 Å². The Bertz CT molecular complexity index is 874. The van der Waals surface area contributed by atoms with E-state index in [2.05, 4.69) is 5.32 Å². The molecule has 0 fully saturated rings. The van der Waals surface area contributed by atoms with Crippen molar-refractivity contribution in [3.05, 3.63) is 63.1 Å². The zero-order chi connectivity index (χ0) is 21.6. The van der Waals surface area contributed by atoms with Crippen molar-refractivity contribution in [2.24, 2.45) is 0 Å². The quantitative estimate of drug-likeness (QED) is 0.609. The highest BCUT2D eigenvalue weighted by atomic mass is 35.5. The fourth-order valence-electron chi connectivity index (χ4n) is 2.61. The van der Waals surface area contributed by atoms with Crippen LogP contribution in [0.3, 0.4) is 0 Å². The molecule has 2 rings (SSSR count). The number of amides is 2. The highest BCUT2D eigenvalue weighted by Crippen LogP contribution is 2.24. The smallest absolute Gasteiger partial charge is 0.261 e. The van der Waals surface area contributed by atoms with Gasteiger partial charge in [0.25, 0.3) is 5.91 Å². The zero-order valence-electron chi connectivity index (χ0n) is 16.4. The monoisotopic (exact) mass is 456 g/mol. The average Bonchev–Trinajstić information content (AvgIpc) is 2.66. The van der Waals surface area contributed by atoms with Gasteiger partial charge in [0, 0.05) is 17.6 Å². The number of halogens is 3. The normalized spacial score (nSPS) is 11.8. The van der Waals surface area contributed by atoms with E-state index in [1.807, 2.05) is 13.8 Å². The van der Waals surface area contributed by atoms with Gasteiger partial charge in [-0.05, 0) is 56.7 Å². The molecular weight excluding hydrogens is 435 g/mol. The maximum Gasteiger partial charge on any atom is 0.261 e. The van der Waals surface area contributed by atoms with Crippen LogP contribution in [-0.4, -0.2) is 35.4 Å². The third-order valence-electron chi connectivity index (χ3n) is 4.09. The molecule has 0 saturated heterocycles. The van der Waals surface area contributed by atoms with Crippen LogP contribution >= 0.6 is 34.8 Å². The molecule has 2 amide bonds. The van der Waals surface area contributed by atoms with Crippen LogP contribution in [-0.2, 0) is 16.1 Å². The van der Waals surface area contributed by atoms with Gasteiger partial charge in [0.05, 0.1) is 10.0 Å². The Morgan fingerprint density at radius 2 is 1.76 bits per heavy atom. The van der Waals surface area contributed by atoms with E-state index in [9.17, 15) is 9.59 Å². The molecule has 0 unspecified atom stereocenters. The minimum Gasteiger partial charge on any atom is -0.484 e. The van der Waals surface area contributed by atoms with Crippen LogP contribution in [0.2, 0.25) is 15.1 Å². The third kappa shape index (κ3) is 7.11. The molecule has 0 spiro atoms. The molecule has 0 aliphatic carbocycles. The van der Waals surface area contributed by atoms with Crippen molar-refractivity contribution in [2.45, 2.75) is 39.4 Å². The summed E-state index contributed by atoms with van der Waals surface area (Å²) in [5.41, 5.74) is 0.750. The zero-order valence-corrected chi connectivity index (χ0v) is 18.7. The summed E-state index contributed by atoms with van der Waals surface area (Å²) < 4.78 is 5.57. The lowest BCUT2D eigenvalue weighted by Gasteiger charge is -2.29. The van der Waals surface area contributed by atoms with E-state index >= 15 is 0 Å². The second-order valence-electron chi connectivity index (χ2n) is 6.86. The van der Waals surface area contributed by atoms with Crippen molar-refractivity contribution in [1.29, 1.82) is 0 Å². The first-order valence-corrected chi connectivity index (χ1v) is 10.2. The summed E-state index contributed by atoms with van der Waals surface area (Å²) in [6.45, 7) is 5.34. The van der Waals surface area contributed by atoms with E-state index in [-0.39, 0.29) is 31.0 Å². The van der Waals surface area contributed by atoms with Crippen LogP contribution < -0.4 is 10.1 Å². The number of nitrogens with zero attached hydrogens (tertiary/aromatic N) is 1. The Balaban J connectivity index is 2.18. The van der Waals surface area contributed by atoms with Gasteiger partial charge >= 0.3 is 0 Å². The average molecular weight is 458 g/mol. The molecule has 0 aliphatic heterocycles. The van der Waals surface area contributed by atoms with Crippen molar-refractivity contribution in [3.63, 3.8) is 0 Å². The molecule has 156 valence electrons. The summed E-state index contributed by atoms with van der Waals surface area (Å²) in [6.07, 6.45) is 0. The van der Waals surface area contributed by atoms with Gasteiger partial charge in [-0.3, -0.25) is 9.59 Å². The fourth-order valence-corrected chi connectivity index (χ4v) is 3.11. The predicted molar refractivity (Wildman–Crippen MR) is 117 cm³/mol. The van der Waals surface area contributed by atoms with Gasteiger partial charge < -0.3 is 15.0 Å². The standard InChI is InChI=1S/C21H23Cl3N2O3/c1-13(2)25-21(28)14(3)26(11-15-7-8-18(23)19(24)9-15)20(27)12-29-17-6-4-5-16(22)10-17/h4-10,13-14H,11-12H2,1-3H3,(H,25,28)/t14-/m0/s1. The molecule has 2 aromatic carbocycles. The van der Waals surface area contributed by atoms with E-state index < -0.39 is 6.04 Å². The molecule has 0 aromatic heterocycles. The maximum absolute atomic E-state index is 12.9. The lowest BCUT2D eigenvalue weighted by atomic mass is 10.1. The second kappa shape index (κ2) is 10.7. The second-order valence-corrected chi connectivity index (χ2v) is 8.11. The van der Waals surface area contributed by atoms with Gasteiger partial charge in [0.2, 0.25) is 5.91 Å². The van der Waals surface area contributed by atoms with Crippen molar-refractivity contribution in [1.82, 2.24) is 10.2 Å². The highest BCUT2D eigenvalue weighted by Gasteiger charge is 2.27. The first kappa shape index (κ1) is 23.3. The van der Waals surface area contributed by atoms with E-state index in [1.54, 1.807) is 49.4 Å². The van der Waals surface area contributed by atoms with Crippen LogP contribution in [0.5, 0.6) is 5.75 Å². The number of carbonyl (C=O) groups excluding carboxylic acids is 2. The number of benzene rings is 2. The summed E-state index contributed by atoms with van der Waals surface area (Å²) >= 11 is 18.0. The molecule has 8 heteroatoms. The Labute approximate surface area is 185 Å². The summed E-state index contributed by atoms with van der Waals surface area (Å²) in [4.78, 5) is 26.9. The molecule has 0 aliphatic rings. The largest absolute Gasteiger partial charge is 0.484 e. The van der Waals surface area contributed by atoms with Crippen molar-refractivity contribution in [3.8, 4) is 5.75 Å². The van der Waals surface area contributed by atoms with Gasteiger partial charge in [0.1, 0.15) is 11.8 Å². The van der Waals surface area contributed by atoms with E-state index in [1.165, 1.54) is 4.90 Å². The summed E-state index contributed by atoms with van der Waals surface area (Å²) in [5, 5.41) is 4.13. The minimum atomic E-state index is -0.706. The van der Waals surface area contributed by atoms with E-state index in [0.717, 1.165) is 5.56 Å². The Kier molecular flexibility index (Phi) is 8.62. The van der Waals surface area contributed by atoms with Gasteiger partial charge in [-0.15, -0.1) is 0 Å². The first-order chi connectivity index (χ1) is 13.7. The van der Waals surface area contributed by atoms with Crippen molar-refractivity contribution in [2.75, 3.05) is 6.61 Å². The molecule has 0 radical (unpaired) electrons. The predicted octanol–water partition coefficient (Wildman–Crippen LogP) is 4.97. The molecular formula is C21H23Cl3N2O3. The lowest BCUT2D eigenvalue weighted by Crippen LogP contribution is -2.50. The van der Waals surface area contributed by atoms with Crippen LogP contribution in [0.15, 0.2) is 42.5 Å². The maximum atomic E-state index is 12.9. The van der Waals surface area contributed by atoms with Crippen LogP contribution in [0.1, 0.15) is 26.3 Å². The van der Waals surface area contributed by atoms with Crippen molar-refractivity contribution >= 4 is 46.6 Å².